The molecule has 0 aromatic rings. The predicted octanol–water partition coefficient (Wildman–Crippen LogP) is 9.13. The molecular weight excluding hydrogens is 594 g/mol. The molecule has 2 unspecified atom stereocenters. The smallest absolute Gasteiger partial charge is 0.362 e. The summed E-state index contributed by atoms with van der Waals surface area (Å²) in [5, 5.41) is 9.56. The number of hydrogen-bond acceptors (Lipinski definition) is 6. The monoisotopic (exact) mass is 665 g/mol. The number of quaternary nitrogens is 1. The first kappa shape index (κ1) is 44.5. The zero-order valence-electron chi connectivity index (χ0n) is 30.7. The number of esters is 2. The molecule has 0 radical (unpaired) electrons. The van der Waals surface area contributed by atoms with Crippen molar-refractivity contribution in [3.63, 3.8) is 0 Å². The Labute approximate surface area is 287 Å². The van der Waals surface area contributed by atoms with E-state index in [1.165, 1.54) is 25.7 Å². The molecule has 0 spiro atoms. The summed E-state index contributed by atoms with van der Waals surface area (Å²) >= 11 is 0. The molecule has 0 heterocycles. The lowest BCUT2D eigenvalue weighted by Gasteiger charge is -2.31. The van der Waals surface area contributed by atoms with Gasteiger partial charge in [0.05, 0.1) is 34.4 Å². The highest BCUT2D eigenvalue weighted by Gasteiger charge is 2.31. The first-order chi connectivity index (χ1) is 22.6. The van der Waals surface area contributed by atoms with Gasteiger partial charge in [-0.1, -0.05) is 102 Å². The minimum atomic E-state index is -0.881. The number of likely N-dealkylation sites (N-methyl/N-ethyl adjacent to an activating group) is 1. The van der Waals surface area contributed by atoms with E-state index in [1.807, 2.05) is 21.1 Å². The molecule has 0 aliphatic carbocycles. The first-order valence-corrected chi connectivity index (χ1v) is 18.5. The van der Waals surface area contributed by atoms with Crippen LogP contribution in [0.1, 0.15) is 142 Å². The van der Waals surface area contributed by atoms with Gasteiger partial charge < -0.3 is 23.8 Å². The molecule has 0 saturated carbocycles. The predicted molar refractivity (Wildman–Crippen MR) is 192 cm³/mol. The summed E-state index contributed by atoms with van der Waals surface area (Å²) < 4.78 is 17.1. The number of carbonyl (C=O) groups is 3. The van der Waals surface area contributed by atoms with Crippen LogP contribution in [0.5, 0.6) is 0 Å². The zero-order chi connectivity index (χ0) is 35.0. The topological polar surface area (TPSA) is 99.1 Å². The van der Waals surface area contributed by atoms with Crippen LogP contribution in [0.25, 0.3) is 0 Å². The minimum Gasteiger partial charge on any atom is -0.477 e. The quantitative estimate of drug-likeness (QED) is 0.0331. The van der Waals surface area contributed by atoms with E-state index < -0.39 is 18.1 Å². The molecule has 8 nitrogen and oxygen atoms in total. The summed E-state index contributed by atoms with van der Waals surface area (Å²) in [7, 11) is 5.50. The Morgan fingerprint density at radius 2 is 1.19 bits per heavy atom. The van der Waals surface area contributed by atoms with Crippen molar-refractivity contribution in [2.75, 3.05) is 41.0 Å². The fourth-order valence-electron chi connectivity index (χ4n) is 5.11. The lowest BCUT2D eigenvalue weighted by atomic mass is 10.1. The Morgan fingerprint density at radius 1 is 0.660 bits per heavy atom. The Hall–Kier alpha value is -2.45. The number of carboxylic acids is 1. The first-order valence-electron chi connectivity index (χ1n) is 18.5. The lowest BCUT2D eigenvalue weighted by molar-refractivity contribution is -0.887. The van der Waals surface area contributed by atoms with Crippen LogP contribution in [0.15, 0.2) is 36.5 Å². The second-order valence-electron chi connectivity index (χ2n) is 13.4. The van der Waals surface area contributed by atoms with Crippen LogP contribution in [0, 0.1) is 0 Å². The van der Waals surface area contributed by atoms with Crippen molar-refractivity contribution in [2.24, 2.45) is 0 Å². The summed E-state index contributed by atoms with van der Waals surface area (Å²) in [6.07, 6.45) is 31.9. The molecule has 0 aromatic carbocycles. The normalized spacial score (nSPS) is 13.5. The standard InChI is InChI=1S/C39H69NO7/c1-6-8-10-12-14-16-18-20-21-23-25-27-29-37(41)46-34-35(33-45-32-31-36(39(43)44)40(3,4)5)47-38(42)30-28-26-24-22-19-17-15-13-11-9-7-2/h8,10,13-16,35-36H,6-7,9,11-12,17-34H2,1-5H3/p+1/b10-8+,15-13+,16-14+. The number of rotatable bonds is 32. The number of nitrogens with zero attached hydrogens (tertiary/aromatic N) is 1. The van der Waals surface area contributed by atoms with Gasteiger partial charge in [-0.25, -0.2) is 4.79 Å². The van der Waals surface area contributed by atoms with E-state index in [2.05, 4.69) is 50.3 Å². The van der Waals surface area contributed by atoms with Gasteiger partial charge >= 0.3 is 17.9 Å². The van der Waals surface area contributed by atoms with Crippen molar-refractivity contribution >= 4 is 17.9 Å². The van der Waals surface area contributed by atoms with Crippen LogP contribution in [-0.4, -0.2) is 80.6 Å². The van der Waals surface area contributed by atoms with Gasteiger partial charge in [0.15, 0.2) is 12.1 Å². The molecule has 0 fully saturated rings. The van der Waals surface area contributed by atoms with Crippen molar-refractivity contribution in [1.29, 1.82) is 0 Å². The van der Waals surface area contributed by atoms with Gasteiger partial charge in [-0.05, 0) is 57.8 Å². The van der Waals surface area contributed by atoms with Crippen LogP contribution in [0.3, 0.4) is 0 Å². The van der Waals surface area contributed by atoms with Crippen molar-refractivity contribution < 1.29 is 38.2 Å². The average molecular weight is 665 g/mol. The number of ether oxygens (including phenoxy) is 3. The van der Waals surface area contributed by atoms with Gasteiger partial charge in [0.2, 0.25) is 0 Å². The summed E-state index contributed by atoms with van der Waals surface area (Å²) in [6, 6.07) is -0.615. The molecule has 0 rings (SSSR count). The Kier molecular flexibility index (Phi) is 29.2. The average Bonchev–Trinajstić information content (AvgIpc) is 3.01. The minimum absolute atomic E-state index is 0.0532. The van der Waals surface area contributed by atoms with Gasteiger partial charge in [-0.3, -0.25) is 9.59 Å². The molecule has 272 valence electrons. The Bertz CT molecular complexity index is 875. The number of carboxylic acid groups (broad SMARTS) is 1. The summed E-state index contributed by atoms with van der Waals surface area (Å²) in [6.45, 7) is 4.54. The highest BCUT2D eigenvalue weighted by atomic mass is 16.6. The molecule has 0 aliphatic rings. The van der Waals surface area contributed by atoms with E-state index in [4.69, 9.17) is 14.2 Å². The molecule has 8 heteroatoms. The van der Waals surface area contributed by atoms with Gasteiger partial charge in [-0.2, -0.15) is 0 Å². The molecular formula is C39H70NO7+. The third-order valence-electron chi connectivity index (χ3n) is 8.02. The Balaban J connectivity index is 4.47. The molecule has 0 saturated heterocycles. The molecule has 0 aliphatic heterocycles. The van der Waals surface area contributed by atoms with E-state index >= 15 is 0 Å². The molecule has 0 aromatic heterocycles. The number of carbonyl (C=O) groups excluding carboxylic acids is 2. The van der Waals surface area contributed by atoms with Crippen molar-refractivity contribution in [3.8, 4) is 0 Å². The maximum Gasteiger partial charge on any atom is 0.362 e. The third-order valence-corrected chi connectivity index (χ3v) is 8.02. The van der Waals surface area contributed by atoms with E-state index in [0.29, 0.717) is 19.3 Å². The SMILES string of the molecule is CC/C=C/C/C=C/CCCCCCCC(=O)OCC(COCCC(C(=O)O)[N+](C)(C)C)OC(=O)CCCCCCC/C=C/CCCC. The third kappa shape index (κ3) is 29.4. The van der Waals surface area contributed by atoms with Crippen LogP contribution in [-0.2, 0) is 28.6 Å². The van der Waals surface area contributed by atoms with Gasteiger partial charge in [0, 0.05) is 19.3 Å². The number of allylic oxidation sites excluding steroid dienone is 6. The van der Waals surface area contributed by atoms with Crippen LogP contribution >= 0.6 is 0 Å². The lowest BCUT2D eigenvalue weighted by Crippen LogP contribution is -2.50. The summed E-state index contributed by atoms with van der Waals surface area (Å²) in [5.41, 5.74) is 0. The van der Waals surface area contributed by atoms with E-state index in [1.54, 1.807) is 0 Å². The molecule has 1 N–H and O–H groups in total. The van der Waals surface area contributed by atoms with Gasteiger partial charge in [-0.15, -0.1) is 0 Å². The number of unbranched alkanes of at least 4 members (excludes halogenated alkanes) is 12. The number of hydrogen-bond donors (Lipinski definition) is 1. The van der Waals surface area contributed by atoms with Crippen molar-refractivity contribution in [1.82, 2.24) is 0 Å². The molecule has 0 amide bonds. The largest absolute Gasteiger partial charge is 0.477 e. The molecule has 47 heavy (non-hydrogen) atoms. The van der Waals surface area contributed by atoms with Gasteiger partial charge in [0.1, 0.15) is 6.61 Å². The fraction of sp³-hybridized carbons (Fsp3) is 0.769. The maximum absolute atomic E-state index is 12.6. The summed E-state index contributed by atoms with van der Waals surface area (Å²) in [5.74, 6) is -1.51. The molecule has 2 atom stereocenters. The highest BCUT2D eigenvalue weighted by Crippen LogP contribution is 2.13. The van der Waals surface area contributed by atoms with E-state index in [-0.39, 0.29) is 36.2 Å². The van der Waals surface area contributed by atoms with Crippen LogP contribution in [0.2, 0.25) is 0 Å². The Morgan fingerprint density at radius 3 is 1.77 bits per heavy atom. The van der Waals surface area contributed by atoms with Crippen LogP contribution < -0.4 is 0 Å². The second kappa shape index (κ2) is 30.9. The van der Waals surface area contributed by atoms with Crippen molar-refractivity contribution in [3.05, 3.63) is 36.5 Å². The highest BCUT2D eigenvalue weighted by molar-refractivity contribution is 5.72. The maximum atomic E-state index is 12.6. The zero-order valence-corrected chi connectivity index (χ0v) is 30.7. The van der Waals surface area contributed by atoms with Crippen molar-refractivity contribution in [2.45, 2.75) is 154 Å². The van der Waals surface area contributed by atoms with E-state index in [0.717, 1.165) is 83.5 Å². The second-order valence-corrected chi connectivity index (χ2v) is 13.4. The van der Waals surface area contributed by atoms with Gasteiger partial charge in [0.25, 0.3) is 0 Å². The van der Waals surface area contributed by atoms with E-state index in [9.17, 15) is 19.5 Å². The van der Waals surface area contributed by atoms with Crippen LogP contribution in [0.4, 0.5) is 0 Å². The fourth-order valence-corrected chi connectivity index (χ4v) is 5.11. The molecule has 0 bridgehead atoms. The summed E-state index contributed by atoms with van der Waals surface area (Å²) in [4.78, 5) is 36.7. The number of aliphatic carboxylic acids is 1.